The van der Waals surface area contributed by atoms with E-state index in [1.807, 2.05) is 36.7 Å². The van der Waals surface area contributed by atoms with E-state index in [-0.39, 0.29) is 11.9 Å². The van der Waals surface area contributed by atoms with Gasteiger partial charge in [0.2, 0.25) is 5.91 Å². The van der Waals surface area contributed by atoms with Crippen LogP contribution in [-0.4, -0.2) is 21.7 Å². The largest absolute Gasteiger partial charge is 0.399 e. The maximum Gasteiger partial charge on any atom is 0.222 e. The fourth-order valence-electron chi connectivity index (χ4n) is 1.87. The molecule has 0 saturated carbocycles. The number of aromatic nitrogens is 2. The van der Waals surface area contributed by atoms with Crippen LogP contribution in [0.4, 0.5) is 5.69 Å². The number of anilines is 1. The molecule has 3 N–H and O–H groups in total. The minimum atomic E-state index is 0.0394. The maximum atomic E-state index is 11.6. The van der Waals surface area contributed by atoms with Crippen LogP contribution in [-0.2, 0) is 11.3 Å². The van der Waals surface area contributed by atoms with Crippen LogP contribution in [0.15, 0.2) is 24.4 Å². The molecule has 0 atom stereocenters. The van der Waals surface area contributed by atoms with Gasteiger partial charge in [0.25, 0.3) is 0 Å². The van der Waals surface area contributed by atoms with Crippen LogP contribution in [0.5, 0.6) is 0 Å². The molecule has 2 aromatic rings. The Labute approximate surface area is 106 Å². The van der Waals surface area contributed by atoms with Gasteiger partial charge in [-0.3, -0.25) is 9.48 Å². The Balaban J connectivity index is 2.08. The molecular formula is C13H18N4O. The first kappa shape index (κ1) is 12.4. The second kappa shape index (κ2) is 5.08. The van der Waals surface area contributed by atoms with Gasteiger partial charge in [-0.2, -0.15) is 5.10 Å². The van der Waals surface area contributed by atoms with Crippen LogP contribution in [0.25, 0.3) is 10.9 Å². The van der Waals surface area contributed by atoms with Gasteiger partial charge in [0, 0.05) is 23.5 Å². The van der Waals surface area contributed by atoms with Crippen molar-refractivity contribution in [2.24, 2.45) is 0 Å². The molecule has 0 spiro atoms. The summed E-state index contributed by atoms with van der Waals surface area (Å²) in [6, 6.07) is 5.83. The van der Waals surface area contributed by atoms with Crippen molar-refractivity contribution in [3.63, 3.8) is 0 Å². The van der Waals surface area contributed by atoms with Crippen molar-refractivity contribution in [1.82, 2.24) is 15.1 Å². The van der Waals surface area contributed by atoms with E-state index in [9.17, 15) is 4.79 Å². The lowest BCUT2D eigenvalue weighted by molar-refractivity contribution is -0.121. The lowest BCUT2D eigenvalue weighted by Crippen LogP contribution is -2.30. The summed E-state index contributed by atoms with van der Waals surface area (Å²) in [5.74, 6) is 0.0394. The van der Waals surface area contributed by atoms with Gasteiger partial charge in [0.1, 0.15) is 0 Å². The van der Waals surface area contributed by atoms with E-state index in [2.05, 4.69) is 10.4 Å². The molecule has 0 aliphatic carbocycles. The van der Waals surface area contributed by atoms with Gasteiger partial charge in [-0.15, -0.1) is 0 Å². The van der Waals surface area contributed by atoms with Gasteiger partial charge in [-0.25, -0.2) is 0 Å². The van der Waals surface area contributed by atoms with Crippen molar-refractivity contribution < 1.29 is 4.79 Å². The summed E-state index contributed by atoms with van der Waals surface area (Å²) in [4.78, 5) is 11.6. The van der Waals surface area contributed by atoms with E-state index < -0.39 is 0 Å². The maximum absolute atomic E-state index is 11.6. The molecule has 0 aliphatic heterocycles. The quantitative estimate of drug-likeness (QED) is 0.804. The van der Waals surface area contributed by atoms with E-state index in [1.54, 1.807) is 6.20 Å². The molecule has 5 heteroatoms. The predicted octanol–water partition coefficient (Wildman–Crippen LogP) is 1.53. The normalized spacial score (nSPS) is 11.1. The Morgan fingerprint density at radius 2 is 2.28 bits per heavy atom. The van der Waals surface area contributed by atoms with Gasteiger partial charge in [0.05, 0.1) is 18.3 Å². The number of amides is 1. The van der Waals surface area contributed by atoms with Crippen molar-refractivity contribution in [1.29, 1.82) is 0 Å². The molecule has 5 nitrogen and oxygen atoms in total. The van der Waals surface area contributed by atoms with Crippen LogP contribution < -0.4 is 11.1 Å². The average molecular weight is 246 g/mol. The Hall–Kier alpha value is -2.04. The molecule has 1 aromatic carbocycles. The number of aryl methyl sites for hydroxylation is 1. The Morgan fingerprint density at radius 1 is 1.50 bits per heavy atom. The Morgan fingerprint density at radius 3 is 3.00 bits per heavy atom. The Bertz CT molecular complexity index is 559. The number of benzene rings is 1. The minimum absolute atomic E-state index is 0.0394. The smallest absolute Gasteiger partial charge is 0.222 e. The van der Waals surface area contributed by atoms with Gasteiger partial charge in [-0.1, -0.05) is 0 Å². The molecule has 2 rings (SSSR count). The highest BCUT2D eigenvalue weighted by molar-refractivity contribution is 5.82. The SMILES string of the molecule is CC(C)NC(=O)CCn1ncc2ccc(N)cc21. The standard InChI is InChI=1S/C13H18N4O/c1-9(2)16-13(18)5-6-17-12-7-11(14)4-3-10(12)8-15-17/h3-4,7-9H,5-6,14H2,1-2H3,(H,16,18). The molecule has 96 valence electrons. The van der Waals surface area contributed by atoms with Crippen LogP contribution in [0.2, 0.25) is 0 Å². The predicted molar refractivity (Wildman–Crippen MR) is 72.0 cm³/mol. The number of fused-ring (bicyclic) bond motifs is 1. The third-order valence-corrected chi connectivity index (χ3v) is 2.67. The second-order valence-corrected chi connectivity index (χ2v) is 4.66. The van der Waals surface area contributed by atoms with Crippen LogP contribution >= 0.6 is 0 Å². The number of nitrogens with two attached hydrogens (primary N) is 1. The number of carbonyl (C=O) groups is 1. The molecule has 0 radical (unpaired) electrons. The summed E-state index contributed by atoms with van der Waals surface area (Å²) in [6.07, 6.45) is 2.21. The van der Waals surface area contributed by atoms with E-state index >= 15 is 0 Å². The van der Waals surface area contributed by atoms with Crippen LogP contribution in [0.1, 0.15) is 20.3 Å². The monoisotopic (exact) mass is 246 g/mol. The zero-order valence-electron chi connectivity index (χ0n) is 10.7. The van der Waals surface area contributed by atoms with E-state index in [0.717, 1.165) is 10.9 Å². The summed E-state index contributed by atoms with van der Waals surface area (Å²) in [5.41, 5.74) is 7.42. The minimum Gasteiger partial charge on any atom is -0.399 e. The topological polar surface area (TPSA) is 72.9 Å². The molecule has 18 heavy (non-hydrogen) atoms. The van der Waals surface area contributed by atoms with E-state index in [1.165, 1.54) is 0 Å². The summed E-state index contributed by atoms with van der Waals surface area (Å²) in [6.45, 7) is 4.45. The van der Waals surface area contributed by atoms with Gasteiger partial charge < -0.3 is 11.1 Å². The molecular weight excluding hydrogens is 228 g/mol. The number of hydrogen-bond donors (Lipinski definition) is 2. The van der Waals surface area contributed by atoms with Crippen LogP contribution in [0, 0.1) is 0 Å². The molecule has 0 saturated heterocycles. The summed E-state index contributed by atoms with van der Waals surface area (Å²) < 4.78 is 1.81. The number of hydrogen-bond acceptors (Lipinski definition) is 3. The van der Waals surface area contributed by atoms with Crippen molar-refractivity contribution >= 4 is 22.5 Å². The number of nitrogens with one attached hydrogen (secondary N) is 1. The number of carbonyl (C=O) groups excluding carboxylic acids is 1. The molecule has 0 aliphatic rings. The first-order valence-corrected chi connectivity index (χ1v) is 6.06. The lowest BCUT2D eigenvalue weighted by atomic mass is 10.2. The third kappa shape index (κ3) is 2.80. The first-order chi connectivity index (χ1) is 8.56. The van der Waals surface area contributed by atoms with E-state index in [4.69, 9.17) is 5.73 Å². The fourth-order valence-corrected chi connectivity index (χ4v) is 1.87. The number of nitrogens with zero attached hydrogens (tertiary/aromatic N) is 2. The van der Waals surface area contributed by atoms with Crippen molar-refractivity contribution in [3.05, 3.63) is 24.4 Å². The number of rotatable bonds is 4. The molecule has 1 heterocycles. The zero-order chi connectivity index (χ0) is 13.1. The number of nitrogen functional groups attached to an aromatic ring is 1. The fraction of sp³-hybridized carbons (Fsp3) is 0.385. The highest BCUT2D eigenvalue weighted by atomic mass is 16.1. The molecule has 0 bridgehead atoms. The van der Waals surface area contributed by atoms with Crippen molar-refractivity contribution in [2.75, 3.05) is 5.73 Å². The van der Waals surface area contributed by atoms with E-state index in [0.29, 0.717) is 18.7 Å². The highest BCUT2D eigenvalue weighted by Gasteiger charge is 2.07. The second-order valence-electron chi connectivity index (χ2n) is 4.66. The lowest BCUT2D eigenvalue weighted by Gasteiger charge is -2.08. The average Bonchev–Trinajstić information content (AvgIpc) is 2.68. The summed E-state index contributed by atoms with van der Waals surface area (Å²) in [7, 11) is 0. The van der Waals surface area contributed by atoms with Gasteiger partial charge in [-0.05, 0) is 32.0 Å². The summed E-state index contributed by atoms with van der Waals surface area (Å²) in [5, 5.41) is 8.16. The van der Waals surface area contributed by atoms with Crippen molar-refractivity contribution in [3.8, 4) is 0 Å². The highest BCUT2D eigenvalue weighted by Crippen LogP contribution is 2.17. The third-order valence-electron chi connectivity index (χ3n) is 2.67. The molecule has 1 aromatic heterocycles. The van der Waals surface area contributed by atoms with Crippen LogP contribution in [0.3, 0.4) is 0 Å². The Kier molecular flexibility index (Phi) is 3.50. The zero-order valence-corrected chi connectivity index (χ0v) is 10.7. The molecule has 0 unspecified atom stereocenters. The van der Waals surface area contributed by atoms with Crippen molar-refractivity contribution in [2.45, 2.75) is 32.9 Å². The first-order valence-electron chi connectivity index (χ1n) is 6.06. The van der Waals surface area contributed by atoms with Gasteiger partial charge >= 0.3 is 0 Å². The molecule has 1 amide bonds. The molecule has 0 fully saturated rings. The van der Waals surface area contributed by atoms with Gasteiger partial charge in [0.15, 0.2) is 0 Å². The summed E-state index contributed by atoms with van der Waals surface area (Å²) >= 11 is 0.